The summed E-state index contributed by atoms with van der Waals surface area (Å²) in [4.78, 5) is 33.6. The van der Waals surface area contributed by atoms with Gasteiger partial charge in [0.25, 0.3) is 5.91 Å². The predicted molar refractivity (Wildman–Crippen MR) is 92.2 cm³/mol. The number of hydrogen-bond donors (Lipinski definition) is 1. The molecule has 2 amide bonds. The summed E-state index contributed by atoms with van der Waals surface area (Å²) in [5.74, 6) is -0.262. The van der Waals surface area contributed by atoms with Gasteiger partial charge in [0, 0.05) is 30.6 Å². The van der Waals surface area contributed by atoms with E-state index in [0.29, 0.717) is 19.5 Å². The Bertz CT molecular complexity index is 859. The molecule has 2 aliphatic heterocycles. The van der Waals surface area contributed by atoms with Crippen molar-refractivity contribution in [1.29, 1.82) is 0 Å². The van der Waals surface area contributed by atoms with Crippen LogP contribution < -0.4 is 4.90 Å². The van der Waals surface area contributed by atoms with Crippen molar-refractivity contribution in [1.82, 2.24) is 15.1 Å². The molecular formula is C17H19N5O3. The SMILES string of the molecule is CCC1=NOC(C(=O)N2CCN(c3ccc4[nH]ncc4c3)C(=O)C2)C1. The molecule has 0 spiro atoms. The van der Waals surface area contributed by atoms with Gasteiger partial charge in [-0.15, -0.1) is 0 Å². The van der Waals surface area contributed by atoms with Crippen LogP contribution in [0.4, 0.5) is 5.69 Å². The summed E-state index contributed by atoms with van der Waals surface area (Å²) in [5.41, 5.74) is 2.63. The molecule has 1 fully saturated rings. The second-order valence-corrected chi connectivity index (χ2v) is 6.26. The lowest BCUT2D eigenvalue weighted by molar-refractivity contribution is -0.145. The maximum absolute atomic E-state index is 12.6. The van der Waals surface area contributed by atoms with Crippen LogP contribution in [-0.4, -0.2) is 58.4 Å². The number of H-pyrrole nitrogens is 1. The molecule has 4 rings (SSSR count). The molecule has 1 aromatic carbocycles. The average Bonchev–Trinajstić information content (AvgIpc) is 3.29. The summed E-state index contributed by atoms with van der Waals surface area (Å²) >= 11 is 0. The van der Waals surface area contributed by atoms with Crippen LogP contribution >= 0.6 is 0 Å². The van der Waals surface area contributed by atoms with Crippen LogP contribution in [0, 0.1) is 0 Å². The van der Waals surface area contributed by atoms with Crippen LogP contribution in [0.5, 0.6) is 0 Å². The molecule has 3 heterocycles. The van der Waals surface area contributed by atoms with Gasteiger partial charge in [-0.25, -0.2) is 0 Å². The minimum atomic E-state index is -0.586. The summed E-state index contributed by atoms with van der Waals surface area (Å²) in [6, 6.07) is 5.71. The van der Waals surface area contributed by atoms with E-state index in [2.05, 4.69) is 15.4 Å². The average molecular weight is 341 g/mol. The smallest absolute Gasteiger partial charge is 0.267 e. The van der Waals surface area contributed by atoms with Gasteiger partial charge < -0.3 is 14.6 Å². The number of carbonyl (C=O) groups is 2. The molecule has 1 aromatic heterocycles. The van der Waals surface area contributed by atoms with Crippen LogP contribution in [0.3, 0.4) is 0 Å². The van der Waals surface area contributed by atoms with Gasteiger partial charge in [0.2, 0.25) is 12.0 Å². The first-order valence-corrected chi connectivity index (χ1v) is 8.39. The van der Waals surface area contributed by atoms with Gasteiger partial charge in [-0.2, -0.15) is 5.10 Å². The zero-order chi connectivity index (χ0) is 17.4. The van der Waals surface area contributed by atoms with E-state index in [1.165, 1.54) is 0 Å². The molecule has 1 atom stereocenters. The summed E-state index contributed by atoms with van der Waals surface area (Å²) < 4.78 is 0. The van der Waals surface area contributed by atoms with Crippen LogP contribution in [-0.2, 0) is 14.4 Å². The van der Waals surface area contributed by atoms with Crippen LogP contribution in [0.15, 0.2) is 29.6 Å². The number of nitrogens with zero attached hydrogens (tertiary/aromatic N) is 4. The fourth-order valence-electron chi connectivity index (χ4n) is 3.20. The molecule has 1 saturated heterocycles. The second kappa shape index (κ2) is 6.19. The van der Waals surface area contributed by atoms with Crippen LogP contribution in [0.2, 0.25) is 0 Å². The third-order valence-corrected chi connectivity index (χ3v) is 4.68. The van der Waals surface area contributed by atoms with E-state index in [0.717, 1.165) is 28.7 Å². The molecule has 2 aromatic rings. The summed E-state index contributed by atoms with van der Waals surface area (Å²) in [7, 11) is 0. The van der Waals surface area contributed by atoms with Crippen molar-refractivity contribution in [3.8, 4) is 0 Å². The zero-order valence-corrected chi connectivity index (χ0v) is 13.9. The molecule has 0 radical (unpaired) electrons. The van der Waals surface area contributed by atoms with Gasteiger partial charge in [0.1, 0.15) is 6.54 Å². The molecule has 0 bridgehead atoms. The quantitative estimate of drug-likeness (QED) is 0.911. The largest absolute Gasteiger partial charge is 0.382 e. The van der Waals surface area contributed by atoms with Crippen molar-refractivity contribution in [2.45, 2.75) is 25.9 Å². The Kier molecular flexibility index (Phi) is 3.87. The first kappa shape index (κ1) is 15.6. The number of rotatable bonds is 3. The molecule has 8 heteroatoms. The van der Waals surface area contributed by atoms with Gasteiger partial charge in [-0.3, -0.25) is 14.7 Å². The van der Waals surface area contributed by atoms with Gasteiger partial charge in [-0.05, 0) is 24.6 Å². The van der Waals surface area contributed by atoms with Crippen molar-refractivity contribution in [3.63, 3.8) is 0 Å². The van der Waals surface area contributed by atoms with E-state index in [-0.39, 0.29) is 18.4 Å². The number of anilines is 1. The fourth-order valence-corrected chi connectivity index (χ4v) is 3.20. The van der Waals surface area contributed by atoms with E-state index in [1.807, 2.05) is 25.1 Å². The minimum absolute atomic E-state index is 0.0591. The second-order valence-electron chi connectivity index (χ2n) is 6.26. The number of piperazine rings is 1. The summed E-state index contributed by atoms with van der Waals surface area (Å²) in [5, 5.41) is 11.8. The van der Waals surface area contributed by atoms with E-state index in [4.69, 9.17) is 4.84 Å². The molecule has 25 heavy (non-hydrogen) atoms. The van der Waals surface area contributed by atoms with Crippen molar-refractivity contribution in [3.05, 3.63) is 24.4 Å². The number of fused-ring (bicyclic) bond motifs is 1. The fraction of sp³-hybridized carbons (Fsp3) is 0.412. The zero-order valence-electron chi connectivity index (χ0n) is 13.9. The van der Waals surface area contributed by atoms with Crippen LogP contribution in [0.1, 0.15) is 19.8 Å². The van der Waals surface area contributed by atoms with E-state index >= 15 is 0 Å². The summed E-state index contributed by atoms with van der Waals surface area (Å²) in [6.07, 6.45) is 2.43. The Labute approximate surface area is 144 Å². The molecule has 0 aliphatic carbocycles. The molecule has 1 unspecified atom stereocenters. The highest BCUT2D eigenvalue weighted by atomic mass is 16.6. The molecule has 0 saturated carbocycles. The number of aromatic nitrogens is 2. The standard InChI is InChI=1S/C17H19N5O3/c1-2-12-8-15(25-20-12)17(24)21-5-6-22(16(23)10-21)13-3-4-14-11(7-13)9-18-19-14/h3-4,7,9,15H,2,5-6,8,10H2,1H3,(H,18,19). The van der Waals surface area contributed by atoms with E-state index in [9.17, 15) is 9.59 Å². The molecule has 130 valence electrons. The number of carbonyl (C=O) groups excluding carboxylic acids is 2. The van der Waals surface area contributed by atoms with E-state index in [1.54, 1.807) is 16.0 Å². The molecule has 1 N–H and O–H groups in total. The Balaban J connectivity index is 1.43. The highest BCUT2D eigenvalue weighted by Crippen LogP contribution is 2.23. The third-order valence-electron chi connectivity index (χ3n) is 4.68. The maximum atomic E-state index is 12.6. The number of nitrogens with one attached hydrogen (secondary N) is 1. The molecular weight excluding hydrogens is 322 g/mol. The Hall–Kier alpha value is -2.90. The lowest BCUT2D eigenvalue weighted by Crippen LogP contribution is -2.54. The number of aromatic amines is 1. The minimum Gasteiger partial charge on any atom is -0.382 e. The molecule has 2 aliphatic rings. The van der Waals surface area contributed by atoms with Gasteiger partial charge in [0.05, 0.1) is 17.4 Å². The van der Waals surface area contributed by atoms with Crippen molar-refractivity contribution >= 4 is 34.1 Å². The van der Waals surface area contributed by atoms with E-state index < -0.39 is 6.10 Å². The Morgan fingerprint density at radius 1 is 1.40 bits per heavy atom. The highest BCUT2D eigenvalue weighted by molar-refractivity contribution is 6.00. The lowest BCUT2D eigenvalue weighted by Gasteiger charge is -2.35. The number of oxime groups is 1. The number of benzene rings is 1. The first-order chi connectivity index (χ1) is 12.2. The van der Waals surface area contributed by atoms with Gasteiger partial charge in [0.15, 0.2) is 0 Å². The molecule has 8 nitrogen and oxygen atoms in total. The highest BCUT2D eigenvalue weighted by Gasteiger charge is 2.35. The van der Waals surface area contributed by atoms with Crippen molar-refractivity contribution < 1.29 is 14.4 Å². The topological polar surface area (TPSA) is 90.9 Å². The van der Waals surface area contributed by atoms with Crippen molar-refractivity contribution in [2.75, 3.05) is 24.5 Å². The normalized spacial score (nSPS) is 20.8. The lowest BCUT2D eigenvalue weighted by atomic mass is 10.1. The van der Waals surface area contributed by atoms with Crippen LogP contribution in [0.25, 0.3) is 10.9 Å². The van der Waals surface area contributed by atoms with Gasteiger partial charge in [-0.1, -0.05) is 12.1 Å². The van der Waals surface area contributed by atoms with Gasteiger partial charge >= 0.3 is 0 Å². The Morgan fingerprint density at radius 3 is 3.04 bits per heavy atom. The monoisotopic (exact) mass is 341 g/mol. The predicted octanol–water partition coefficient (Wildman–Crippen LogP) is 1.29. The summed E-state index contributed by atoms with van der Waals surface area (Å²) in [6.45, 7) is 2.98. The first-order valence-electron chi connectivity index (χ1n) is 8.39. The Morgan fingerprint density at radius 2 is 2.28 bits per heavy atom. The maximum Gasteiger partial charge on any atom is 0.267 e. The number of amides is 2. The third kappa shape index (κ3) is 2.84. The van der Waals surface area contributed by atoms with Crippen molar-refractivity contribution in [2.24, 2.45) is 5.16 Å². The number of hydrogen-bond acceptors (Lipinski definition) is 5.